The molecule has 0 aromatic heterocycles. The fourth-order valence-corrected chi connectivity index (χ4v) is 2.98. The molecule has 0 saturated carbocycles. The molecule has 2 aromatic carbocycles. The summed E-state index contributed by atoms with van der Waals surface area (Å²) in [5.41, 5.74) is 2.88. The molecule has 0 atom stereocenters. The van der Waals surface area contributed by atoms with Gasteiger partial charge in [0.05, 0.1) is 4.90 Å². The molecule has 7 heteroatoms. The number of sulfonamides is 1. The standard InChI is InChI=1S/C17H21N3O2S2/c1-2-3-6-13-7-4-5-8-16(13)20-17(23)19-14-9-11-15(12-10-14)24(18,21)22/h4-5,7-12H,2-3,6H2,1H3,(H2,18,21,22)(H2,19,20,23). The topological polar surface area (TPSA) is 84.2 Å². The SMILES string of the molecule is CCCCc1ccccc1NC(=S)Nc1ccc(S(N)(=O)=O)cc1. The minimum Gasteiger partial charge on any atom is -0.332 e. The van der Waals surface area contributed by atoms with Crippen molar-refractivity contribution in [1.82, 2.24) is 0 Å². The van der Waals surface area contributed by atoms with Gasteiger partial charge in [0.1, 0.15) is 0 Å². The molecule has 0 fully saturated rings. The Morgan fingerprint density at radius 1 is 1.08 bits per heavy atom. The first-order valence-corrected chi connectivity index (χ1v) is 9.64. The van der Waals surface area contributed by atoms with Gasteiger partial charge in [-0.25, -0.2) is 13.6 Å². The van der Waals surface area contributed by atoms with E-state index in [1.165, 1.54) is 17.7 Å². The summed E-state index contributed by atoms with van der Waals surface area (Å²) in [6.45, 7) is 2.16. The molecule has 0 spiro atoms. The van der Waals surface area contributed by atoms with Gasteiger partial charge < -0.3 is 10.6 Å². The number of nitrogens with one attached hydrogen (secondary N) is 2. The van der Waals surface area contributed by atoms with Gasteiger partial charge in [0.25, 0.3) is 0 Å². The lowest BCUT2D eigenvalue weighted by atomic mass is 10.1. The number of rotatable bonds is 6. The first-order chi connectivity index (χ1) is 11.4. The third-order valence-electron chi connectivity index (χ3n) is 3.51. The molecular formula is C17H21N3O2S2. The zero-order valence-electron chi connectivity index (χ0n) is 13.5. The van der Waals surface area contributed by atoms with Gasteiger partial charge in [-0.05, 0) is 61.0 Å². The first kappa shape index (κ1) is 18.4. The predicted octanol–water partition coefficient (Wildman–Crippen LogP) is 3.49. The summed E-state index contributed by atoms with van der Waals surface area (Å²) in [7, 11) is -3.69. The Labute approximate surface area is 148 Å². The second-order valence-electron chi connectivity index (χ2n) is 5.41. The molecule has 0 bridgehead atoms. The van der Waals surface area contributed by atoms with Gasteiger partial charge in [0.2, 0.25) is 10.0 Å². The summed E-state index contributed by atoms with van der Waals surface area (Å²) in [4.78, 5) is 0.0665. The number of anilines is 2. The third-order valence-corrected chi connectivity index (χ3v) is 4.64. The fourth-order valence-electron chi connectivity index (χ4n) is 2.24. The Morgan fingerprint density at radius 3 is 2.38 bits per heavy atom. The van der Waals surface area contributed by atoms with E-state index in [9.17, 15) is 8.42 Å². The Hall–Kier alpha value is -1.96. The van der Waals surface area contributed by atoms with Crippen LogP contribution < -0.4 is 15.8 Å². The maximum atomic E-state index is 11.3. The second kappa shape index (κ2) is 8.23. The van der Waals surface area contributed by atoms with Crippen LogP contribution in [0.2, 0.25) is 0 Å². The van der Waals surface area contributed by atoms with Gasteiger partial charge >= 0.3 is 0 Å². The monoisotopic (exact) mass is 363 g/mol. The summed E-state index contributed by atoms with van der Waals surface area (Å²) in [5, 5.41) is 11.8. The zero-order chi connectivity index (χ0) is 17.6. The van der Waals surface area contributed by atoms with E-state index in [-0.39, 0.29) is 4.90 Å². The van der Waals surface area contributed by atoms with Crippen molar-refractivity contribution in [3.63, 3.8) is 0 Å². The Kier molecular flexibility index (Phi) is 6.30. The summed E-state index contributed by atoms with van der Waals surface area (Å²) in [6, 6.07) is 14.2. The summed E-state index contributed by atoms with van der Waals surface area (Å²) in [6.07, 6.45) is 3.24. The van der Waals surface area contributed by atoms with Crippen LogP contribution in [0, 0.1) is 0 Å². The van der Waals surface area contributed by atoms with E-state index in [0.29, 0.717) is 10.8 Å². The molecule has 0 aliphatic rings. The van der Waals surface area contributed by atoms with E-state index in [1.807, 2.05) is 18.2 Å². The van der Waals surface area contributed by atoms with Crippen LogP contribution in [-0.2, 0) is 16.4 Å². The maximum absolute atomic E-state index is 11.3. The molecule has 0 amide bonds. The highest BCUT2D eigenvalue weighted by atomic mass is 32.2. The van der Waals surface area contributed by atoms with Crippen LogP contribution >= 0.6 is 12.2 Å². The van der Waals surface area contributed by atoms with Crippen molar-refractivity contribution in [3.8, 4) is 0 Å². The molecule has 0 aliphatic carbocycles. The number of unbranched alkanes of at least 4 members (excludes halogenated alkanes) is 1. The van der Waals surface area contributed by atoms with Crippen molar-refractivity contribution >= 4 is 38.7 Å². The lowest BCUT2D eigenvalue weighted by Crippen LogP contribution is -2.20. The maximum Gasteiger partial charge on any atom is 0.238 e. The van der Waals surface area contributed by atoms with Crippen LogP contribution in [0.25, 0.3) is 0 Å². The number of thiocarbonyl (C=S) groups is 1. The molecule has 128 valence electrons. The normalized spacial score (nSPS) is 11.1. The number of hydrogen-bond acceptors (Lipinski definition) is 3. The lowest BCUT2D eigenvalue weighted by Gasteiger charge is -2.14. The van der Waals surface area contributed by atoms with Crippen molar-refractivity contribution in [2.75, 3.05) is 10.6 Å². The van der Waals surface area contributed by atoms with Gasteiger partial charge in [-0.2, -0.15) is 0 Å². The average Bonchev–Trinajstić information content (AvgIpc) is 2.53. The largest absolute Gasteiger partial charge is 0.332 e. The Bertz CT molecular complexity index is 803. The highest BCUT2D eigenvalue weighted by Crippen LogP contribution is 2.18. The van der Waals surface area contributed by atoms with Crippen LogP contribution in [0.5, 0.6) is 0 Å². The highest BCUT2D eigenvalue weighted by molar-refractivity contribution is 7.89. The van der Waals surface area contributed by atoms with E-state index in [0.717, 1.165) is 24.9 Å². The van der Waals surface area contributed by atoms with Gasteiger partial charge in [-0.1, -0.05) is 31.5 Å². The number of hydrogen-bond donors (Lipinski definition) is 3. The van der Waals surface area contributed by atoms with E-state index in [1.54, 1.807) is 12.1 Å². The fraction of sp³-hybridized carbons (Fsp3) is 0.235. The highest BCUT2D eigenvalue weighted by Gasteiger charge is 2.08. The first-order valence-electron chi connectivity index (χ1n) is 7.69. The van der Waals surface area contributed by atoms with Gasteiger partial charge in [0.15, 0.2) is 5.11 Å². The third kappa shape index (κ3) is 5.30. The molecule has 0 aliphatic heterocycles. The number of para-hydroxylation sites is 1. The van der Waals surface area contributed by atoms with Gasteiger partial charge in [-0.3, -0.25) is 0 Å². The summed E-state index contributed by atoms with van der Waals surface area (Å²) >= 11 is 5.33. The Morgan fingerprint density at radius 2 is 1.75 bits per heavy atom. The molecule has 2 aromatic rings. The van der Waals surface area contributed by atoms with Crippen LogP contribution in [0.15, 0.2) is 53.4 Å². The minimum atomic E-state index is -3.69. The number of benzene rings is 2. The molecule has 0 saturated heterocycles. The van der Waals surface area contributed by atoms with Gasteiger partial charge in [-0.15, -0.1) is 0 Å². The molecule has 0 unspecified atom stereocenters. The summed E-state index contributed by atoms with van der Waals surface area (Å²) < 4.78 is 22.5. The van der Waals surface area contributed by atoms with Crippen molar-refractivity contribution in [2.45, 2.75) is 31.1 Å². The van der Waals surface area contributed by atoms with E-state index in [2.05, 4.69) is 23.6 Å². The predicted molar refractivity (Wildman–Crippen MR) is 103 cm³/mol. The van der Waals surface area contributed by atoms with E-state index < -0.39 is 10.0 Å². The van der Waals surface area contributed by atoms with Crippen molar-refractivity contribution < 1.29 is 8.42 Å². The average molecular weight is 364 g/mol. The molecule has 4 N–H and O–H groups in total. The molecular weight excluding hydrogens is 342 g/mol. The van der Waals surface area contributed by atoms with Crippen molar-refractivity contribution in [2.24, 2.45) is 5.14 Å². The number of nitrogens with two attached hydrogens (primary N) is 1. The second-order valence-corrected chi connectivity index (χ2v) is 7.38. The van der Waals surface area contributed by atoms with Crippen LogP contribution in [0.3, 0.4) is 0 Å². The zero-order valence-corrected chi connectivity index (χ0v) is 15.1. The molecule has 0 radical (unpaired) electrons. The van der Waals surface area contributed by atoms with Gasteiger partial charge in [0, 0.05) is 11.4 Å². The molecule has 24 heavy (non-hydrogen) atoms. The molecule has 2 rings (SSSR count). The quantitative estimate of drug-likeness (QED) is 0.684. The van der Waals surface area contributed by atoms with E-state index >= 15 is 0 Å². The van der Waals surface area contributed by atoms with E-state index in [4.69, 9.17) is 17.4 Å². The smallest absolute Gasteiger partial charge is 0.238 e. The lowest BCUT2D eigenvalue weighted by molar-refractivity contribution is 0.598. The molecule has 5 nitrogen and oxygen atoms in total. The van der Waals surface area contributed by atoms with Crippen LogP contribution in [0.1, 0.15) is 25.3 Å². The molecule has 0 heterocycles. The van der Waals surface area contributed by atoms with Crippen LogP contribution in [0.4, 0.5) is 11.4 Å². The van der Waals surface area contributed by atoms with Crippen molar-refractivity contribution in [3.05, 3.63) is 54.1 Å². The summed E-state index contributed by atoms with van der Waals surface area (Å²) in [5.74, 6) is 0. The minimum absolute atomic E-state index is 0.0665. The number of primary sulfonamides is 1. The van der Waals surface area contributed by atoms with Crippen molar-refractivity contribution in [1.29, 1.82) is 0 Å². The van der Waals surface area contributed by atoms with Crippen LogP contribution in [-0.4, -0.2) is 13.5 Å². The number of aryl methyl sites for hydroxylation is 1. The Balaban J connectivity index is 2.03.